The van der Waals surface area contributed by atoms with Crippen molar-refractivity contribution in [3.8, 4) is 0 Å². The van der Waals surface area contributed by atoms with Crippen molar-refractivity contribution in [2.45, 2.75) is 12.5 Å². The van der Waals surface area contributed by atoms with Crippen molar-refractivity contribution in [3.05, 3.63) is 47.1 Å². The molecule has 0 radical (unpaired) electrons. The van der Waals surface area contributed by atoms with E-state index in [0.717, 1.165) is 20.8 Å². The Morgan fingerprint density at radius 1 is 1.42 bits per heavy atom. The van der Waals surface area contributed by atoms with Crippen LogP contribution in [0, 0.1) is 5.82 Å². The Morgan fingerprint density at radius 2 is 2.26 bits per heavy atom. The molecule has 0 fully saturated rings. The number of aryl methyl sites for hydroxylation is 1. The topological polar surface area (TPSA) is 56.7 Å². The predicted molar refractivity (Wildman–Crippen MR) is 73.4 cm³/mol. The third kappa shape index (κ3) is 2.36. The largest absolute Gasteiger partial charge is 0.323 e. The number of fused-ring (bicyclic) bond motifs is 1. The summed E-state index contributed by atoms with van der Waals surface area (Å²) in [7, 11) is 1.84. The minimum absolute atomic E-state index is 0.150. The maximum atomic E-state index is 13.2. The van der Waals surface area contributed by atoms with Crippen LogP contribution >= 0.6 is 11.3 Å². The Hall–Kier alpha value is -1.79. The molecule has 0 aliphatic carbocycles. The summed E-state index contributed by atoms with van der Waals surface area (Å²) in [6, 6.07) is 6.59. The van der Waals surface area contributed by atoms with Crippen LogP contribution in [0.25, 0.3) is 10.1 Å². The minimum atomic E-state index is -0.223. The zero-order chi connectivity index (χ0) is 13.4. The van der Waals surface area contributed by atoms with Crippen molar-refractivity contribution in [1.29, 1.82) is 0 Å². The molecule has 19 heavy (non-hydrogen) atoms. The molecule has 2 heterocycles. The molecule has 2 aromatic heterocycles. The highest BCUT2D eigenvalue weighted by atomic mass is 32.1. The summed E-state index contributed by atoms with van der Waals surface area (Å²) in [6.07, 6.45) is 2.13. The third-order valence-corrected chi connectivity index (χ3v) is 4.32. The Labute approximate surface area is 113 Å². The molecule has 1 atom stereocenters. The molecule has 0 saturated carbocycles. The Bertz CT molecular complexity index is 718. The lowest BCUT2D eigenvalue weighted by Crippen LogP contribution is -2.14. The van der Waals surface area contributed by atoms with Gasteiger partial charge in [-0.25, -0.2) is 9.37 Å². The van der Waals surface area contributed by atoms with Crippen LogP contribution in [0.3, 0.4) is 0 Å². The highest BCUT2D eigenvalue weighted by molar-refractivity contribution is 7.19. The summed E-state index contributed by atoms with van der Waals surface area (Å²) in [6.45, 7) is 0. The van der Waals surface area contributed by atoms with Gasteiger partial charge in [-0.3, -0.25) is 4.68 Å². The van der Waals surface area contributed by atoms with Gasteiger partial charge in [0.25, 0.3) is 0 Å². The minimum Gasteiger partial charge on any atom is -0.323 e. The van der Waals surface area contributed by atoms with Crippen molar-refractivity contribution in [2.24, 2.45) is 12.8 Å². The number of benzene rings is 1. The van der Waals surface area contributed by atoms with Crippen LogP contribution in [-0.2, 0) is 13.5 Å². The Kier molecular flexibility index (Phi) is 3.04. The molecule has 1 aromatic carbocycles. The van der Waals surface area contributed by atoms with E-state index in [1.807, 2.05) is 13.1 Å². The van der Waals surface area contributed by atoms with Gasteiger partial charge in [0.1, 0.15) is 18.0 Å². The van der Waals surface area contributed by atoms with E-state index in [0.29, 0.717) is 6.42 Å². The van der Waals surface area contributed by atoms with E-state index in [9.17, 15) is 4.39 Å². The van der Waals surface area contributed by atoms with Crippen molar-refractivity contribution in [3.63, 3.8) is 0 Å². The second-order valence-corrected chi connectivity index (χ2v) is 5.56. The first-order valence-electron chi connectivity index (χ1n) is 5.91. The number of nitrogens with two attached hydrogens (primary N) is 1. The second kappa shape index (κ2) is 4.71. The number of rotatable bonds is 3. The second-order valence-electron chi connectivity index (χ2n) is 4.44. The molecule has 0 aliphatic heterocycles. The molecule has 2 N–H and O–H groups in total. The average molecular weight is 276 g/mol. The van der Waals surface area contributed by atoms with Gasteiger partial charge >= 0.3 is 0 Å². The summed E-state index contributed by atoms with van der Waals surface area (Å²) in [5.41, 5.74) is 6.19. The molecule has 0 amide bonds. The molecule has 4 nitrogen and oxygen atoms in total. The lowest BCUT2D eigenvalue weighted by molar-refractivity contribution is 0.629. The molecule has 0 spiro atoms. The number of aromatic nitrogens is 3. The van der Waals surface area contributed by atoms with Gasteiger partial charge in [0, 0.05) is 29.1 Å². The van der Waals surface area contributed by atoms with E-state index in [-0.39, 0.29) is 11.9 Å². The first-order valence-corrected chi connectivity index (χ1v) is 6.72. The first kappa shape index (κ1) is 12.3. The van der Waals surface area contributed by atoms with Gasteiger partial charge in [-0.15, -0.1) is 11.3 Å². The van der Waals surface area contributed by atoms with Crippen LogP contribution < -0.4 is 5.73 Å². The van der Waals surface area contributed by atoms with E-state index >= 15 is 0 Å². The number of halogens is 1. The Morgan fingerprint density at radius 3 is 3.00 bits per heavy atom. The van der Waals surface area contributed by atoms with Gasteiger partial charge in [0.05, 0.1) is 0 Å². The molecular formula is C13H13FN4S. The summed E-state index contributed by atoms with van der Waals surface area (Å²) in [4.78, 5) is 5.20. The fraction of sp³-hybridized carbons (Fsp3) is 0.231. The van der Waals surface area contributed by atoms with Gasteiger partial charge in [0.15, 0.2) is 0 Å². The van der Waals surface area contributed by atoms with Gasteiger partial charge in [-0.2, -0.15) is 5.10 Å². The standard InChI is InChI=1S/C13H13FN4S/c1-18-13(16-7-17-18)6-10(15)12-5-8-4-9(14)2-3-11(8)19-12/h2-5,7,10H,6,15H2,1H3. The fourth-order valence-electron chi connectivity index (χ4n) is 2.02. The normalized spacial score (nSPS) is 13.0. The molecule has 0 saturated heterocycles. The van der Waals surface area contributed by atoms with Gasteiger partial charge in [-0.1, -0.05) is 0 Å². The molecule has 6 heteroatoms. The number of thiophene rings is 1. The molecule has 1 unspecified atom stereocenters. The van der Waals surface area contributed by atoms with Crippen molar-refractivity contribution < 1.29 is 4.39 Å². The molecule has 98 valence electrons. The van der Waals surface area contributed by atoms with Crippen molar-refractivity contribution in [1.82, 2.24) is 14.8 Å². The van der Waals surface area contributed by atoms with Gasteiger partial charge in [-0.05, 0) is 29.7 Å². The van der Waals surface area contributed by atoms with E-state index in [1.54, 1.807) is 22.1 Å². The van der Waals surface area contributed by atoms with E-state index in [2.05, 4.69) is 10.1 Å². The van der Waals surface area contributed by atoms with Crippen molar-refractivity contribution in [2.75, 3.05) is 0 Å². The zero-order valence-electron chi connectivity index (χ0n) is 10.4. The molecule has 3 rings (SSSR count). The highest BCUT2D eigenvalue weighted by Crippen LogP contribution is 2.30. The summed E-state index contributed by atoms with van der Waals surface area (Å²) in [5, 5.41) is 4.92. The number of hydrogen-bond donors (Lipinski definition) is 1. The zero-order valence-corrected chi connectivity index (χ0v) is 11.2. The quantitative estimate of drug-likeness (QED) is 0.799. The maximum Gasteiger partial charge on any atom is 0.138 e. The molecule has 3 aromatic rings. The summed E-state index contributed by atoms with van der Waals surface area (Å²) in [5.74, 6) is 0.620. The van der Waals surface area contributed by atoms with Crippen LogP contribution in [-0.4, -0.2) is 14.8 Å². The molecular weight excluding hydrogens is 263 g/mol. The first-order chi connectivity index (χ1) is 9.13. The summed E-state index contributed by atoms with van der Waals surface area (Å²) < 4.78 is 15.9. The van der Waals surface area contributed by atoms with Gasteiger partial charge < -0.3 is 5.73 Å². The maximum absolute atomic E-state index is 13.2. The fourth-order valence-corrected chi connectivity index (χ4v) is 3.07. The van der Waals surface area contributed by atoms with Crippen LogP contribution in [0.5, 0.6) is 0 Å². The van der Waals surface area contributed by atoms with E-state index < -0.39 is 0 Å². The van der Waals surface area contributed by atoms with Crippen LogP contribution in [0.4, 0.5) is 4.39 Å². The predicted octanol–water partition coefficient (Wildman–Crippen LogP) is 2.41. The van der Waals surface area contributed by atoms with E-state index in [1.165, 1.54) is 18.5 Å². The van der Waals surface area contributed by atoms with Crippen LogP contribution in [0.15, 0.2) is 30.6 Å². The van der Waals surface area contributed by atoms with Crippen molar-refractivity contribution >= 4 is 21.4 Å². The van der Waals surface area contributed by atoms with E-state index in [4.69, 9.17) is 5.73 Å². The molecule has 0 bridgehead atoms. The van der Waals surface area contributed by atoms with Crippen LogP contribution in [0.1, 0.15) is 16.7 Å². The smallest absolute Gasteiger partial charge is 0.138 e. The molecule has 0 aliphatic rings. The summed E-state index contributed by atoms with van der Waals surface area (Å²) >= 11 is 1.59. The SMILES string of the molecule is Cn1ncnc1CC(N)c1cc2cc(F)ccc2s1. The van der Waals surface area contributed by atoms with Gasteiger partial charge in [0.2, 0.25) is 0 Å². The Balaban J connectivity index is 1.89. The lowest BCUT2D eigenvalue weighted by atomic mass is 10.1. The highest BCUT2D eigenvalue weighted by Gasteiger charge is 2.14. The average Bonchev–Trinajstić information content (AvgIpc) is 2.96. The number of hydrogen-bond acceptors (Lipinski definition) is 4. The lowest BCUT2D eigenvalue weighted by Gasteiger charge is -2.08. The monoisotopic (exact) mass is 276 g/mol. The van der Waals surface area contributed by atoms with Crippen LogP contribution in [0.2, 0.25) is 0 Å². The number of nitrogens with zero attached hydrogens (tertiary/aromatic N) is 3. The third-order valence-electron chi connectivity index (χ3n) is 3.07.